The minimum absolute atomic E-state index is 0.419. The summed E-state index contributed by atoms with van der Waals surface area (Å²) in [6.07, 6.45) is 2.61. The Morgan fingerprint density at radius 1 is 1.44 bits per heavy atom. The highest BCUT2D eigenvalue weighted by atomic mass is 32.1. The van der Waals surface area contributed by atoms with Crippen molar-refractivity contribution in [2.45, 2.75) is 45.7 Å². The molecule has 16 heavy (non-hydrogen) atoms. The van der Waals surface area contributed by atoms with Gasteiger partial charge in [-0.05, 0) is 25.0 Å². The summed E-state index contributed by atoms with van der Waals surface area (Å²) in [4.78, 5) is 13.5. The predicted octanol–water partition coefficient (Wildman–Crippen LogP) is 2.65. The molecule has 0 fully saturated rings. The molecule has 0 aliphatic carbocycles. The van der Waals surface area contributed by atoms with Gasteiger partial charge in [-0.1, -0.05) is 20.3 Å². The molecule has 1 atom stereocenters. The fourth-order valence-corrected chi connectivity index (χ4v) is 2.44. The third-order valence-electron chi connectivity index (χ3n) is 2.46. The Kier molecular flexibility index (Phi) is 5.49. The Labute approximate surface area is 100 Å². The number of aryl methyl sites for hydroxylation is 1. The van der Waals surface area contributed by atoms with E-state index >= 15 is 0 Å². The number of aliphatic carboxylic acids is 1. The summed E-state index contributed by atoms with van der Waals surface area (Å²) < 4.78 is 0. The smallest absolute Gasteiger partial charge is 0.320 e. The van der Waals surface area contributed by atoms with Gasteiger partial charge in [0.05, 0.1) is 0 Å². The molecule has 90 valence electrons. The van der Waals surface area contributed by atoms with Gasteiger partial charge < -0.3 is 5.11 Å². The zero-order valence-electron chi connectivity index (χ0n) is 9.82. The number of thiophene rings is 1. The Bertz CT molecular complexity index is 336. The van der Waals surface area contributed by atoms with Crippen molar-refractivity contribution < 1.29 is 9.90 Å². The van der Waals surface area contributed by atoms with Crippen molar-refractivity contribution >= 4 is 17.3 Å². The van der Waals surface area contributed by atoms with Crippen molar-refractivity contribution in [2.75, 3.05) is 0 Å². The molecule has 0 aromatic carbocycles. The zero-order valence-corrected chi connectivity index (χ0v) is 10.6. The van der Waals surface area contributed by atoms with Crippen LogP contribution in [0.4, 0.5) is 0 Å². The van der Waals surface area contributed by atoms with Crippen molar-refractivity contribution in [1.29, 1.82) is 0 Å². The van der Waals surface area contributed by atoms with E-state index in [4.69, 9.17) is 5.11 Å². The maximum atomic E-state index is 10.9. The lowest BCUT2D eigenvalue weighted by atomic mass is 10.1. The third-order valence-corrected chi connectivity index (χ3v) is 3.69. The fourth-order valence-electron chi connectivity index (χ4n) is 1.53. The van der Waals surface area contributed by atoms with Crippen molar-refractivity contribution in [2.24, 2.45) is 0 Å². The first-order valence-electron chi connectivity index (χ1n) is 5.71. The Balaban J connectivity index is 2.45. The first-order chi connectivity index (χ1) is 7.67. The molecule has 0 bridgehead atoms. The second-order valence-corrected chi connectivity index (χ2v) is 5.03. The minimum atomic E-state index is -0.755. The molecule has 0 spiro atoms. The van der Waals surface area contributed by atoms with E-state index in [0.717, 1.165) is 12.8 Å². The van der Waals surface area contributed by atoms with Crippen LogP contribution < -0.4 is 5.32 Å². The van der Waals surface area contributed by atoms with E-state index in [1.54, 1.807) is 11.3 Å². The molecule has 0 saturated carbocycles. The van der Waals surface area contributed by atoms with Gasteiger partial charge in [-0.15, -0.1) is 11.3 Å². The van der Waals surface area contributed by atoms with E-state index in [-0.39, 0.29) is 0 Å². The Morgan fingerprint density at radius 2 is 2.12 bits per heavy atom. The average Bonchev–Trinajstić information content (AvgIpc) is 2.71. The molecule has 2 N–H and O–H groups in total. The van der Waals surface area contributed by atoms with Gasteiger partial charge in [0, 0.05) is 16.3 Å². The first kappa shape index (κ1) is 13.2. The molecule has 0 aliphatic rings. The molecule has 1 unspecified atom stereocenters. The predicted molar refractivity (Wildman–Crippen MR) is 66.9 cm³/mol. The second kappa shape index (κ2) is 6.66. The monoisotopic (exact) mass is 241 g/mol. The molecule has 0 aliphatic heterocycles. The molecule has 0 saturated heterocycles. The van der Waals surface area contributed by atoms with Gasteiger partial charge >= 0.3 is 5.97 Å². The maximum Gasteiger partial charge on any atom is 0.320 e. The van der Waals surface area contributed by atoms with E-state index < -0.39 is 12.0 Å². The lowest BCUT2D eigenvalue weighted by Gasteiger charge is -2.12. The van der Waals surface area contributed by atoms with Crippen LogP contribution in [0, 0.1) is 0 Å². The molecule has 0 radical (unpaired) electrons. The third kappa shape index (κ3) is 3.94. The maximum absolute atomic E-state index is 10.9. The van der Waals surface area contributed by atoms with Gasteiger partial charge in [-0.3, -0.25) is 10.1 Å². The van der Waals surface area contributed by atoms with Crippen LogP contribution in [-0.4, -0.2) is 17.1 Å². The summed E-state index contributed by atoms with van der Waals surface area (Å²) in [6.45, 7) is 4.78. The molecular weight excluding hydrogens is 222 g/mol. The van der Waals surface area contributed by atoms with Gasteiger partial charge in [-0.25, -0.2) is 0 Å². The lowest BCUT2D eigenvalue weighted by molar-refractivity contribution is -0.139. The first-order valence-corrected chi connectivity index (χ1v) is 6.52. The van der Waals surface area contributed by atoms with Crippen molar-refractivity contribution in [3.05, 3.63) is 21.9 Å². The topological polar surface area (TPSA) is 49.3 Å². The number of carboxylic acids is 1. The normalized spacial score (nSPS) is 12.6. The number of hydrogen-bond acceptors (Lipinski definition) is 3. The van der Waals surface area contributed by atoms with Crippen LogP contribution >= 0.6 is 11.3 Å². The molecule has 1 rings (SSSR count). The molecule has 0 amide bonds. The highest BCUT2D eigenvalue weighted by molar-refractivity contribution is 7.11. The summed E-state index contributed by atoms with van der Waals surface area (Å²) in [5.41, 5.74) is 0. The fraction of sp³-hybridized carbons (Fsp3) is 0.583. The van der Waals surface area contributed by atoms with Gasteiger partial charge in [0.25, 0.3) is 0 Å². The number of carboxylic acid groups (broad SMARTS) is 1. The van der Waals surface area contributed by atoms with E-state index in [2.05, 4.69) is 24.4 Å². The summed E-state index contributed by atoms with van der Waals surface area (Å²) in [6, 6.07) is 3.76. The number of nitrogens with one attached hydrogen (secondary N) is 1. The van der Waals surface area contributed by atoms with Crippen molar-refractivity contribution in [3.8, 4) is 0 Å². The van der Waals surface area contributed by atoms with Crippen molar-refractivity contribution in [1.82, 2.24) is 5.32 Å². The molecule has 1 aromatic heterocycles. The van der Waals surface area contributed by atoms with E-state index in [9.17, 15) is 4.79 Å². The van der Waals surface area contributed by atoms with Crippen LogP contribution in [0.2, 0.25) is 0 Å². The van der Waals surface area contributed by atoms with Crippen LogP contribution in [-0.2, 0) is 17.8 Å². The van der Waals surface area contributed by atoms with E-state index in [1.165, 1.54) is 9.75 Å². The van der Waals surface area contributed by atoms with Crippen LogP contribution in [0.15, 0.2) is 12.1 Å². The standard InChI is InChI=1S/C12H19NO2S/c1-3-5-11(12(14)15)13-8-10-7-6-9(4-2)16-10/h6-7,11,13H,3-5,8H2,1-2H3,(H,14,15). The summed E-state index contributed by atoms with van der Waals surface area (Å²) in [7, 11) is 0. The van der Waals surface area contributed by atoms with Crippen molar-refractivity contribution in [3.63, 3.8) is 0 Å². The zero-order chi connectivity index (χ0) is 12.0. The Morgan fingerprint density at radius 3 is 2.62 bits per heavy atom. The highest BCUT2D eigenvalue weighted by Crippen LogP contribution is 2.16. The second-order valence-electron chi connectivity index (χ2n) is 3.78. The molecule has 1 aromatic rings. The highest BCUT2D eigenvalue weighted by Gasteiger charge is 2.15. The van der Waals surface area contributed by atoms with E-state index in [1.807, 2.05) is 6.92 Å². The number of hydrogen-bond donors (Lipinski definition) is 2. The largest absolute Gasteiger partial charge is 0.480 e. The van der Waals surface area contributed by atoms with Gasteiger partial charge in [-0.2, -0.15) is 0 Å². The molecule has 3 nitrogen and oxygen atoms in total. The van der Waals surface area contributed by atoms with Crippen LogP contribution in [0.1, 0.15) is 36.4 Å². The summed E-state index contributed by atoms with van der Waals surface area (Å²) in [5.74, 6) is -0.755. The summed E-state index contributed by atoms with van der Waals surface area (Å²) >= 11 is 1.75. The van der Waals surface area contributed by atoms with Gasteiger partial charge in [0.15, 0.2) is 0 Å². The summed E-state index contributed by atoms with van der Waals surface area (Å²) in [5, 5.41) is 12.1. The lowest BCUT2D eigenvalue weighted by Crippen LogP contribution is -2.35. The SMILES string of the molecule is CCCC(NCc1ccc(CC)s1)C(=O)O. The van der Waals surface area contributed by atoms with E-state index in [0.29, 0.717) is 13.0 Å². The van der Waals surface area contributed by atoms with Crippen LogP contribution in [0.3, 0.4) is 0 Å². The number of carbonyl (C=O) groups is 1. The Hall–Kier alpha value is -0.870. The van der Waals surface area contributed by atoms with Crippen LogP contribution in [0.5, 0.6) is 0 Å². The molecule has 4 heteroatoms. The molecule has 1 heterocycles. The van der Waals surface area contributed by atoms with Gasteiger partial charge in [0.1, 0.15) is 6.04 Å². The van der Waals surface area contributed by atoms with Crippen LogP contribution in [0.25, 0.3) is 0 Å². The minimum Gasteiger partial charge on any atom is -0.480 e. The quantitative estimate of drug-likeness (QED) is 0.771. The number of rotatable bonds is 7. The molecular formula is C12H19NO2S. The average molecular weight is 241 g/mol. The van der Waals surface area contributed by atoms with Gasteiger partial charge in [0.2, 0.25) is 0 Å².